The number of anilines is 1. The van der Waals surface area contributed by atoms with Crippen LogP contribution in [-0.4, -0.2) is 36.3 Å². The third-order valence-corrected chi connectivity index (χ3v) is 6.01. The average molecular weight is 525 g/mol. The van der Waals surface area contributed by atoms with Gasteiger partial charge in [-0.05, 0) is 13.0 Å². The number of halogens is 7. The number of rotatable bonds is 6. The Hall–Kier alpha value is -3.62. The van der Waals surface area contributed by atoms with Gasteiger partial charge in [-0.3, -0.25) is 9.59 Å². The van der Waals surface area contributed by atoms with E-state index in [1.54, 1.807) is 0 Å². The van der Waals surface area contributed by atoms with Gasteiger partial charge in [-0.25, -0.2) is 4.39 Å². The van der Waals surface area contributed by atoms with Gasteiger partial charge in [0.25, 0.3) is 11.6 Å². The van der Waals surface area contributed by atoms with Crippen LogP contribution < -0.4 is 20.5 Å². The summed E-state index contributed by atoms with van der Waals surface area (Å²) in [5.74, 6) is -10.8. The molecular formula is C21H18F7N3O5. The summed E-state index contributed by atoms with van der Waals surface area (Å²) >= 11 is 0. The van der Waals surface area contributed by atoms with Crippen LogP contribution in [0.15, 0.2) is 30.5 Å². The predicted molar refractivity (Wildman–Crippen MR) is 107 cm³/mol. The van der Waals surface area contributed by atoms with E-state index in [1.165, 1.54) is 0 Å². The van der Waals surface area contributed by atoms with Crippen molar-refractivity contribution in [1.82, 2.24) is 0 Å². The highest BCUT2D eigenvalue weighted by Gasteiger charge is 2.66. The Bertz CT molecular complexity index is 1190. The zero-order valence-electron chi connectivity index (χ0n) is 18.4. The first-order valence-electron chi connectivity index (χ1n) is 10.1. The third kappa shape index (κ3) is 4.74. The summed E-state index contributed by atoms with van der Waals surface area (Å²) < 4.78 is 105. The van der Waals surface area contributed by atoms with Gasteiger partial charge >= 0.3 is 18.7 Å². The molecule has 1 fully saturated rings. The average Bonchev–Trinajstić information content (AvgIpc) is 3.04. The van der Waals surface area contributed by atoms with Crippen molar-refractivity contribution >= 4 is 17.5 Å². The van der Waals surface area contributed by atoms with Crippen molar-refractivity contribution < 1.29 is 54.5 Å². The summed E-state index contributed by atoms with van der Waals surface area (Å²) in [5.41, 5.74) is 0.502. The highest BCUT2D eigenvalue weighted by molar-refractivity contribution is 5.97. The molecule has 0 spiro atoms. The molecule has 4 atom stereocenters. The van der Waals surface area contributed by atoms with Crippen molar-refractivity contribution in [3.63, 3.8) is 0 Å². The Morgan fingerprint density at radius 3 is 2.44 bits per heavy atom. The van der Waals surface area contributed by atoms with Gasteiger partial charge in [0.05, 0.1) is 5.69 Å². The maximum atomic E-state index is 14.4. The smallest absolute Gasteiger partial charge is 0.417 e. The highest BCUT2D eigenvalue weighted by atomic mass is 19.4. The lowest BCUT2D eigenvalue weighted by molar-refractivity contribution is -0.607. The number of amides is 2. The van der Waals surface area contributed by atoms with Crippen molar-refractivity contribution in [2.75, 3.05) is 5.32 Å². The van der Waals surface area contributed by atoms with E-state index in [1.807, 2.05) is 0 Å². The molecule has 1 aliphatic heterocycles. The van der Waals surface area contributed by atoms with Gasteiger partial charge < -0.3 is 25.7 Å². The minimum atomic E-state index is -5.08. The Morgan fingerprint density at radius 2 is 1.89 bits per heavy atom. The molecule has 0 aliphatic carbocycles. The van der Waals surface area contributed by atoms with Crippen LogP contribution in [0.3, 0.4) is 0 Å². The fourth-order valence-corrected chi connectivity index (χ4v) is 4.00. The fraction of sp³-hybridized carbons (Fsp3) is 0.381. The normalized spacial score (nSPS) is 24.1. The molecule has 36 heavy (non-hydrogen) atoms. The largest absolute Gasteiger partial charge is 0.618 e. The van der Waals surface area contributed by atoms with Crippen LogP contribution in [0, 0.1) is 22.8 Å². The molecule has 1 aliphatic rings. The van der Waals surface area contributed by atoms with Gasteiger partial charge in [-0.1, -0.05) is 13.0 Å². The summed E-state index contributed by atoms with van der Waals surface area (Å²) in [7, 11) is 0. The van der Waals surface area contributed by atoms with E-state index in [2.05, 4.69) is 10.1 Å². The van der Waals surface area contributed by atoms with E-state index in [0.29, 0.717) is 13.0 Å². The molecule has 1 saturated heterocycles. The summed E-state index contributed by atoms with van der Waals surface area (Å²) in [6.45, 7) is -2.07. The number of ether oxygens (including phenoxy) is 2. The van der Waals surface area contributed by atoms with E-state index in [4.69, 9.17) is 10.5 Å². The number of primary amides is 1. The number of carbonyl (C=O) groups is 2. The van der Waals surface area contributed by atoms with Crippen LogP contribution in [0.5, 0.6) is 5.75 Å². The maximum absolute atomic E-state index is 14.4. The van der Waals surface area contributed by atoms with Gasteiger partial charge in [0.2, 0.25) is 5.82 Å². The van der Waals surface area contributed by atoms with E-state index >= 15 is 0 Å². The molecule has 0 radical (unpaired) electrons. The number of nitrogens with two attached hydrogens (primary N) is 1. The van der Waals surface area contributed by atoms with Crippen LogP contribution in [0.4, 0.5) is 36.4 Å². The second-order valence-corrected chi connectivity index (χ2v) is 8.10. The first-order valence-corrected chi connectivity index (χ1v) is 10.1. The monoisotopic (exact) mass is 525 g/mol. The molecule has 2 amide bonds. The number of benzene rings is 1. The first-order chi connectivity index (χ1) is 16.6. The standard InChI is InChI=1S/C21H18F7N3O5/c1-8-13(10-3-4-11(22)14(23)15(10)35-19(24)25)16(36-20(8,2)21(26,27)28)18(33)30-9-5-6-31(34)12(7-9)17(29)32/h3-8,13,16,19H,1-2H3,(H2,29,32)(H,30,33)/t8-,13+,16-,20-/m1/s1. The molecule has 8 nitrogen and oxygen atoms in total. The molecule has 0 bridgehead atoms. The number of nitrogens with one attached hydrogen (secondary N) is 1. The second kappa shape index (κ2) is 9.44. The fourth-order valence-electron chi connectivity index (χ4n) is 4.00. The van der Waals surface area contributed by atoms with Crippen LogP contribution in [0.1, 0.15) is 35.8 Å². The Balaban J connectivity index is 2.11. The van der Waals surface area contributed by atoms with E-state index in [9.17, 15) is 45.5 Å². The Labute approximate surface area is 198 Å². The molecule has 3 rings (SSSR count). The van der Waals surface area contributed by atoms with Crippen LogP contribution >= 0.6 is 0 Å². The van der Waals surface area contributed by atoms with Crippen molar-refractivity contribution in [2.24, 2.45) is 11.7 Å². The zero-order chi connectivity index (χ0) is 27.2. The van der Waals surface area contributed by atoms with Crippen molar-refractivity contribution in [3.8, 4) is 5.75 Å². The quantitative estimate of drug-likeness (QED) is 0.341. The number of hydrogen-bond donors (Lipinski definition) is 2. The summed E-state index contributed by atoms with van der Waals surface area (Å²) in [6, 6.07) is 3.04. The molecule has 3 N–H and O–H groups in total. The van der Waals surface area contributed by atoms with Crippen molar-refractivity contribution in [3.05, 3.63) is 58.6 Å². The lowest BCUT2D eigenvalue weighted by Gasteiger charge is -2.32. The minimum absolute atomic E-state index is 0.0743. The molecule has 196 valence electrons. The van der Waals surface area contributed by atoms with Crippen molar-refractivity contribution in [1.29, 1.82) is 0 Å². The zero-order valence-corrected chi connectivity index (χ0v) is 18.4. The molecule has 1 aromatic heterocycles. The van der Waals surface area contributed by atoms with Gasteiger partial charge in [-0.15, -0.1) is 0 Å². The maximum Gasteiger partial charge on any atom is 0.417 e. The van der Waals surface area contributed by atoms with Crippen LogP contribution in [0.25, 0.3) is 0 Å². The number of carbonyl (C=O) groups excluding carboxylic acids is 2. The van der Waals surface area contributed by atoms with Gasteiger partial charge in [0, 0.05) is 29.5 Å². The number of nitrogens with zero attached hydrogens (tertiary/aromatic N) is 1. The Morgan fingerprint density at radius 1 is 1.25 bits per heavy atom. The van der Waals surface area contributed by atoms with Crippen molar-refractivity contribution in [2.45, 2.75) is 44.3 Å². The molecule has 0 saturated carbocycles. The predicted octanol–water partition coefficient (Wildman–Crippen LogP) is 3.38. The lowest BCUT2D eigenvalue weighted by Crippen LogP contribution is -2.47. The molecule has 1 aromatic carbocycles. The number of aromatic nitrogens is 1. The molecule has 2 heterocycles. The van der Waals surface area contributed by atoms with Gasteiger partial charge in [-0.2, -0.15) is 31.1 Å². The molecule has 0 unspecified atom stereocenters. The summed E-state index contributed by atoms with van der Waals surface area (Å²) in [5, 5.41) is 13.8. The topological polar surface area (TPSA) is 118 Å². The van der Waals surface area contributed by atoms with Crippen LogP contribution in [0.2, 0.25) is 0 Å². The SMILES string of the molecule is C[C@@H]1[C@@H](c2ccc(F)c(F)c2OC(F)F)[C@H](C(=O)Nc2cc[n+]([O-])c(C(N)=O)c2)O[C@@]1(C)C(F)(F)F. The van der Waals surface area contributed by atoms with E-state index in [-0.39, 0.29) is 10.4 Å². The molecular weight excluding hydrogens is 507 g/mol. The minimum Gasteiger partial charge on any atom is -0.618 e. The molecule has 2 aromatic rings. The summed E-state index contributed by atoms with van der Waals surface area (Å²) in [4.78, 5) is 24.4. The lowest BCUT2D eigenvalue weighted by atomic mass is 9.77. The number of hydrogen-bond acceptors (Lipinski definition) is 5. The Kier molecular flexibility index (Phi) is 7.08. The van der Waals surface area contributed by atoms with E-state index < -0.39 is 76.8 Å². The number of pyridine rings is 1. The van der Waals surface area contributed by atoms with E-state index in [0.717, 1.165) is 31.3 Å². The van der Waals surface area contributed by atoms with Gasteiger partial charge in [0.1, 0.15) is 6.10 Å². The van der Waals surface area contributed by atoms with Crippen LogP contribution in [-0.2, 0) is 9.53 Å². The second-order valence-electron chi connectivity index (χ2n) is 8.10. The molecule has 15 heteroatoms. The van der Waals surface area contributed by atoms with Gasteiger partial charge in [0.15, 0.2) is 23.4 Å². The highest BCUT2D eigenvalue weighted by Crippen LogP contribution is 2.55. The number of alkyl halides is 5. The summed E-state index contributed by atoms with van der Waals surface area (Å²) in [6.07, 6.45) is -6.38. The third-order valence-electron chi connectivity index (χ3n) is 6.01. The first kappa shape index (κ1) is 27.0.